The molecular formula is C19H23NO6. The highest BCUT2D eigenvalue weighted by Gasteiger charge is 2.60. The van der Waals surface area contributed by atoms with Crippen LogP contribution in [0, 0.1) is 17.8 Å². The highest BCUT2D eigenvalue weighted by atomic mass is 16.5. The van der Waals surface area contributed by atoms with Gasteiger partial charge in [0.2, 0.25) is 5.91 Å². The van der Waals surface area contributed by atoms with E-state index in [1.165, 1.54) is 7.11 Å². The Kier molecular flexibility index (Phi) is 5.27. The Bertz CT molecular complexity index is 691. The highest BCUT2D eigenvalue weighted by molar-refractivity contribution is 6.01. The van der Waals surface area contributed by atoms with Crippen LogP contribution in [0.5, 0.6) is 0 Å². The molecule has 2 heterocycles. The predicted octanol–water partition coefficient (Wildman–Crippen LogP) is 1.53. The van der Waals surface area contributed by atoms with E-state index in [4.69, 9.17) is 14.2 Å². The van der Waals surface area contributed by atoms with Crippen LogP contribution >= 0.6 is 0 Å². The topological polar surface area (TPSA) is 82.1 Å². The van der Waals surface area contributed by atoms with Crippen molar-refractivity contribution < 1.29 is 28.6 Å². The summed E-state index contributed by atoms with van der Waals surface area (Å²) in [6, 6.07) is 8.98. The van der Waals surface area contributed by atoms with Gasteiger partial charge in [0.05, 0.1) is 32.3 Å². The lowest BCUT2D eigenvalue weighted by Crippen LogP contribution is -2.38. The molecule has 1 amide bonds. The monoisotopic (exact) mass is 361 g/mol. The molecule has 0 spiro atoms. The normalized spacial score (nSPS) is 28.6. The molecule has 140 valence electrons. The van der Waals surface area contributed by atoms with Crippen molar-refractivity contribution in [2.45, 2.75) is 26.1 Å². The molecule has 0 aliphatic carbocycles. The SMILES string of the molecule is CCOC(=O)C1C(=O)N2[C@@H](c3ccccc3)OC[C@@H]2C1C(C)C(=O)OC. The fourth-order valence-corrected chi connectivity index (χ4v) is 3.98. The van der Waals surface area contributed by atoms with Crippen molar-refractivity contribution >= 4 is 17.8 Å². The Balaban J connectivity index is 1.96. The number of fused-ring (bicyclic) bond motifs is 1. The highest BCUT2D eigenvalue weighted by Crippen LogP contribution is 2.46. The third kappa shape index (κ3) is 2.96. The molecule has 26 heavy (non-hydrogen) atoms. The average molecular weight is 361 g/mol. The molecule has 5 atom stereocenters. The first-order valence-corrected chi connectivity index (χ1v) is 8.74. The Hall–Kier alpha value is -2.41. The molecule has 1 aromatic carbocycles. The van der Waals surface area contributed by atoms with Crippen LogP contribution in [0.3, 0.4) is 0 Å². The van der Waals surface area contributed by atoms with Gasteiger partial charge in [-0.3, -0.25) is 14.4 Å². The zero-order valence-electron chi connectivity index (χ0n) is 15.1. The summed E-state index contributed by atoms with van der Waals surface area (Å²) in [4.78, 5) is 39.3. The molecule has 0 bridgehead atoms. The Morgan fingerprint density at radius 2 is 2.00 bits per heavy atom. The van der Waals surface area contributed by atoms with Gasteiger partial charge in [0, 0.05) is 11.5 Å². The number of amides is 1. The van der Waals surface area contributed by atoms with Crippen molar-refractivity contribution in [1.29, 1.82) is 0 Å². The van der Waals surface area contributed by atoms with Crippen LogP contribution in [0.25, 0.3) is 0 Å². The van der Waals surface area contributed by atoms with E-state index in [1.807, 2.05) is 30.3 Å². The van der Waals surface area contributed by atoms with E-state index < -0.39 is 35.9 Å². The molecule has 0 aromatic heterocycles. The van der Waals surface area contributed by atoms with Crippen molar-refractivity contribution in [2.75, 3.05) is 20.3 Å². The van der Waals surface area contributed by atoms with Gasteiger partial charge < -0.3 is 19.1 Å². The van der Waals surface area contributed by atoms with Gasteiger partial charge in [-0.25, -0.2) is 0 Å². The standard InChI is InChI=1S/C19H23NO6/c1-4-25-19(23)15-14(11(2)18(22)24-3)13-10-26-17(20(13)16(15)21)12-8-6-5-7-9-12/h5-9,11,13-15,17H,4,10H2,1-3H3/t11?,13-,14?,15?,17-/m1/s1. The van der Waals surface area contributed by atoms with Gasteiger partial charge in [-0.2, -0.15) is 0 Å². The van der Waals surface area contributed by atoms with Gasteiger partial charge in [-0.15, -0.1) is 0 Å². The van der Waals surface area contributed by atoms with E-state index in [0.29, 0.717) is 0 Å². The molecule has 3 rings (SSSR count). The molecule has 2 fully saturated rings. The maximum atomic E-state index is 13.1. The Labute approximate surface area is 152 Å². The number of methoxy groups -OCH3 is 1. The lowest BCUT2D eigenvalue weighted by atomic mass is 9.80. The van der Waals surface area contributed by atoms with Gasteiger partial charge >= 0.3 is 11.9 Å². The molecule has 7 heteroatoms. The largest absolute Gasteiger partial charge is 0.469 e. The van der Waals surface area contributed by atoms with Crippen molar-refractivity contribution in [1.82, 2.24) is 4.90 Å². The summed E-state index contributed by atoms with van der Waals surface area (Å²) < 4.78 is 15.8. The van der Waals surface area contributed by atoms with E-state index in [1.54, 1.807) is 18.7 Å². The molecule has 7 nitrogen and oxygen atoms in total. The fraction of sp³-hybridized carbons (Fsp3) is 0.526. The molecule has 1 aromatic rings. The fourth-order valence-electron chi connectivity index (χ4n) is 3.98. The van der Waals surface area contributed by atoms with Crippen molar-refractivity contribution in [3.8, 4) is 0 Å². The summed E-state index contributed by atoms with van der Waals surface area (Å²) >= 11 is 0. The van der Waals surface area contributed by atoms with Gasteiger partial charge in [0.15, 0.2) is 6.23 Å². The molecule has 2 aliphatic heterocycles. The van der Waals surface area contributed by atoms with Crippen molar-refractivity contribution in [2.24, 2.45) is 17.8 Å². The van der Waals surface area contributed by atoms with Gasteiger partial charge in [-0.1, -0.05) is 37.3 Å². The predicted molar refractivity (Wildman–Crippen MR) is 90.6 cm³/mol. The summed E-state index contributed by atoms with van der Waals surface area (Å²) in [5.41, 5.74) is 0.831. The van der Waals surface area contributed by atoms with Crippen LogP contribution < -0.4 is 0 Å². The second-order valence-corrected chi connectivity index (χ2v) is 6.53. The van der Waals surface area contributed by atoms with Crippen LogP contribution in [-0.4, -0.2) is 49.1 Å². The van der Waals surface area contributed by atoms with E-state index in [2.05, 4.69) is 0 Å². The first-order valence-electron chi connectivity index (χ1n) is 8.74. The summed E-state index contributed by atoms with van der Waals surface area (Å²) in [6.07, 6.45) is -0.569. The number of ether oxygens (including phenoxy) is 3. The lowest BCUT2D eigenvalue weighted by Gasteiger charge is -2.25. The summed E-state index contributed by atoms with van der Waals surface area (Å²) in [5, 5.41) is 0. The first-order chi connectivity index (χ1) is 12.5. The average Bonchev–Trinajstić information content (AvgIpc) is 3.20. The molecule has 0 saturated carbocycles. The van der Waals surface area contributed by atoms with E-state index >= 15 is 0 Å². The van der Waals surface area contributed by atoms with Crippen LogP contribution in [0.2, 0.25) is 0 Å². The third-order valence-corrected chi connectivity index (χ3v) is 5.16. The maximum absolute atomic E-state index is 13.1. The number of rotatable bonds is 5. The lowest BCUT2D eigenvalue weighted by molar-refractivity contribution is -0.157. The van der Waals surface area contributed by atoms with Crippen LogP contribution in [0.15, 0.2) is 30.3 Å². The summed E-state index contributed by atoms with van der Waals surface area (Å²) in [6.45, 7) is 3.79. The zero-order chi connectivity index (χ0) is 18.8. The van der Waals surface area contributed by atoms with Gasteiger partial charge in [0.25, 0.3) is 0 Å². The minimum atomic E-state index is -1.02. The first kappa shape index (κ1) is 18.4. The second-order valence-electron chi connectivity index (χ2n) is 6.53. The van der Waals surface area contributed by atoms with Crippen LogP contribution in [-0.2, 0) is 28.6 Å². The quantitative estimate of drug-likeness (QED) is 0.584. The minimum Gasteiger partial charge on any atom is -0.469 e. The third-order valence-electron chi connectivity index (χ3n) is 5.16. The molecule has 3 unspecified atom stereocenters. The summed E-state index contributed by atoms with van der Waals surface area (Å²) in [5.74, 6) is -3.62. The minimum absolute atomic E-state index is 0.172. The number of hydrogen-bond donors (Lipinski definition) is 0. The number of hydrogen-bond acceptors (Lipinski definition) is 6. The number of carbonyl (C=O) groups is 3. The number of nitrogens with zero attached hydrogens (tertiary/aromatic N) is 1. The second kappa shape index (κ2) is 7.45. The molecule has 2 aliphatic rings. The number of benzene rings is 1. The van der Waals surface area contributed by atoms with Gasteiger partial charge in [-0.05, 0) is 6.92 Å². The van der Waals surface area contributed by atoms with Gasteiger partial charge in [0.1, 0.15) is 5.92 Å². The number of esters is 2. The van der Waals surface area contributed by atoms with Crippen molar-refractivity contribution in [3.63, 3.8) is 0 Å². The van der Waals surface area contributed by atoms with Crippen LogP contribution in [0.1, 0.15) is 25.6 Å². The number of carbonyl (C=O) groups excluding carboxylic acids is 3. The maximum Gasteiger partial charge on any atom is 0.318 e. The van der Waals surface area contributed by atoms with E-state index in [-0.39, 0.29) is 25.2 Å². The molecule has 0 radical (unpaired) electrons. The smallest absolute Gasteiger partial charge is 0.318 e. The Morgan fingerprint density at radius 3 is 2.62 bits per heavy atom. The van der Waals surface area contributed by atoms with Crippen molar-refractivity contribution in [3.05, 3.63) is 35.9 Å². The molecule has 0 N–H and O–H groups in total. The molecular weight excluding hydrogens is 338 g/mol. The zero-order valence-corrected chi connectivity index (χ0v) is 15.1. The Morgan fingerprint density at radius 1 is 1.31 bits per heavy atom. The van der Waals surface area contributed by atoms with Crippen LogP contribution in [0.4, 0.5) is 0 Å². The summed E-state index contributed by atoms with van der Waals surface area (Å²) in [7, 11) is 1.30. The molecule has 2 saturated heterocycles. The van der Waals surface area contributed by atoms with E-state index in [0.717, 1.165) is 5.56 Å². The van der Waals surface area contributed by atoms with E-state index in [9.17, 15) is 14.4 Å².